The van der Waals surface area contributed by atoms with E-state index in [-0.39, 0.29) is 0 Å². The summed E-state index contributed by atoms with van der Waals surface area (Å²) in [5, 5.41) is 4.34. The number of halogens is 2. The minimum Gasteiger partial charge on any atom is -0.375 e. The molecule has 15 heavy (non-hydrogen) atoms. The summed E-state index contributed by atoms with van der Waals surface area (Å²) < 4.78 is 5.45. The van der Waals surface area contributed by atoms with E-state index in [2.05, 4.69) is 12.2 Å². The van der Waals surface area contributed by atoms with Gasteiger partial charge in [-0.05, 0) is 18.2 Å². The van der Waals surface area contributed by atoms with Gasteiger partial charge < -0.3 is 10.1 Å². The highest BCUT2D eigenvalue weighted by molar-refractivity contribution is 6.42. The molecule has 0 aromatic heterocycles. The predicted octanol–water partition coefficient (Wildman–Crippen LogP) is 3.12. The van der Waals surface area contributed by atoms with Gasteiger partial charge in [0.15, 0.2) is 0 Å². The van der Waals surface area contributed by atoms with Crippen molar-refractivity contribution in [2.45, 2.75) is 13.5 Å². The van der Waals surface area contributed by atoms with Gasteiger partial charge in [-0.15, -0.1) is 0 Å². The van der Waals surface area contributed by atoms with Gasteiger partial charge in [-0.3, -0.25) is 0 Å². The molecule has 0 bridgehead atoms. The molecule has 0 atom stereocenters. The van der Waals surface area contributed by atoms with Gasteiger partial charge in [-0.1, -0.05) is 42.3 Å². The van der Waals surface area contributed by atoms with E-state index in [1.165, 1.54) is 0 Å². The van der Waals surface area contributed by atoms with Crippen molar-refractivity contribution in [2.75, 3.05) is 19.7 Å². The summed E-state index contributed by atoms with van der Waals surface area (Å²) in [6, 6.07) is 5.56. The Morgan fingerprint density at radius 2 is 2.13 bits per heavy atom. The number of hydrogen-bond acceptors (Lipinski definition) is 2. The smallest absolute Gasteiger partial charge is 0.0732 e. The molecule has 0 spiro atoms. The zero-order valence-electron chi connectivity index (χ0n) is 8.72. The number of ether oxygens (including phenoxy) is 1. The molecule has 0 radical (unpaired) electrons. The fraction of sp³-hybridized carbons (Fsp3) is 0.455. The molecule has 84 valence electrons. The molecule has 0 saturated heterocycles. The van der Waals surface area contributed by atoms with Gasteiger partial charge in [0.2, 0.25) is 0 Å². The normalized spacial score (nSPS) is 10.6. The second-order valence-electron chi connectivity index (χ2n) is 3.12. The van der Waals surface area contributed by atoms with Crippen molar-refractivity contribution in [1.29, 1.82) is 0 Å². The van der Waals surface area contributed by atoms with E-state index in [0.29, 0.717) is 23.3 Å². The second-order valence-corrected chi connectivity index (χ2v) is 3.90. The average Bonchev–Trinajstić information content (AvgIpc) is 2.24. The molecule has 1 aromatic carbocycles. The molecule has 2 nitrogen and oxygen atoms in total. The van der Waals surface area contributed by atoms with Gasteiger partial charge in [-0.2, -0.15) is 0 Å². The van der Waals surface area contributed by atoms with E-state index in [9.17, 15) is 0 Å². The maximum Gasteiger partial charge on any atom is 0.0732 e. The lowest BCUT2D eigenvalue weighted by Crippen LogP contribution is -2.18. The summed E-state index contributed by atoms with van der Waals surface area (Å²) in [7, 11) is 0. The Bertz CT molecular complexity index is 305. The Morgan fingerprint density at radius 3 is 2.87 bits per heavy atom. The Hall–Kier alpha value is -0.280. The third-order valence-corrected chi connectivity index (χ3v) is 2.82. The Morgan fingerprint density at radius 1 is 1.33 bits per heavy atom. The van der Waals surface area contributed by atoms with Crippen molar-refractivity contribution >= 4 is 23.2 Å². The van der Waals surface area contributed by atoms with Crippen molar-refractivity contribution in [2.24, 2.45) is 0 Å². The third kappa shape index (κ3) is 4.39. The Balaban J connectivity index is 2.34. The first kappa shape index (κ1) is 12.8. The van der Waals surface area contributed by atoms with Gasteiger partial charge in [-0.25, -0.2) is 0 Å². The maximum absolute atomic E-state index is 6.01. The highest BCUT2D eigenvalue weighted by Gasteiger charge is 2.03. The second kappa shape index (κ2) is 7.07. The number of hydrogen-bond donors (Lipinski definition) is 1. The van der Waals surface area contributed by atoms with Gasteiger partial charge in [0.05, 0.1) is 23.3 Å². The van der Waals surface area contributed by atoms with Gasteiger partial charge >= 0.3 is 0 Å². The molecule has 1 rings (SSSR count). The van der Waals surface area contributed by atoms with Crippen LogP contribution in [0.25, 0.3) is 0 Å². The molecule has 1 N–H and O–H groups in total. The van der Waals surface area contributed by atoms with Crippen molar-refractivity contribution < 1.29 is 4.74 Å². The molecule has 0 aliphatic rings. The van der Waals surface area contributed by atoms with Crippen molar-refractivity contribution in [3.8, 4) is 0 Å². The molecular formula is C11H15Cl2NO. The van der Waals surface area contributed by atoms with Crippen LogP contribution in [0, 0.1) is 0 Å². The highest BCUT2D eigenvalue weighted by atomic mass is 35.5. The highest BCUT2D eigenvalue weighted by Crippen LogP contribution is 2.25. The lowest BCUT2D eigenvalue weighted by Gasteiger charge is -2.07. The zero-order valence-corrected chi connectivity index (χ0v) is 10.2. The van der Waals surface area contributed by atoms with Crippen LogP contribution in [0.1, 0.15) is 12.5 Å². The van der Waals surface area contributed by atoms with Crippen LogP contribution in [0.5, 0.6) is 0 Å². The average molecular weight is 248 g/mol. The van der Waals surface area contributed by atoms with Crippen LogP contribution in [-0.4, -0.2) is 19.7 Å². The summed E-state index contributed by atoms with van der Waals surface area (Å²) in [5.41, 5.74) is 0.931. The largest absolute Gasteiger partial charge is 0.375 e. The van der Waals surface area contributed by atoms with Crippen LogP contribution in [0.2, 0.25) is 10.0 Å². The van der Waals surface area contributed by atoms with E-state index >= 15 is 0 Å². The molecular weight excluding hydrogens is 233 g/mol. The minimum absolute atomic E-state index is 0.505. The standard InChI is InChI=1S/C11H15Cl2NO/c1-2-14-6-7-15-8-9-4-3-5-10(12)11(9)13/h3-5,14H,2,6-8H2,1H3. The number of benzene rings is 1. The van der Waals surface area contributed by atoms with Crippen LogP contribution in [0.4, 0.5) is 0 Å². The summed E-state index contributed by atoms with van der Waals surface area (Å²) >= 11 is 11.9. The molecule has 0 saturated carbocycles. The SMILES string of the molecule is CCNCCOCc1cccc(Cl)c1Cl. The van der Waals surface area contributed by atoms with Crippen LogP contribution in [0.3, 0.4) is 0 Å². The fourth-order valence-corrected chi connectivity index (χ4v) is 1.54. The minimum atomic E-state index is 0.505. The van der Waals surface area contributed by atoms with E-state index in [1.807, 2.05) is 12.1 Å². The van der Waals surface area contributed by atoms with Gasteiger partial charge in [0, 0.05) is 6.54 Å². The molecule has 0 heterocycles. The first-order valence-electron chi connectivity index (χ1n) is 4.97. The first-order valence-corrected chi connectivity index (χ1v) is 5.72. The van der Waals surface area contributed by atoms with Crippen molar-refractivity contribution in [1.82, 2.24) is 5.32 Å². The first-order chi connectivity index (χ1) is 7.25. The molecule has 0 aliphatic carbocycles. The molecule has 0 aliphatic heterocycles. The van der Waals surface area contributed by atoms with Gasteiger partial charge in [0.1, 0.15) is 0 Å². The number of rotatable bonds is 6. The zero-order chi connectivity index (χ0) is 11.1. The summed E-state index contributed by atoms with van der Waals surface area (Å²) in [6.07, 6.45) is 0. The molecule has 0 amide bonds. The quantitative estimate of drug-likeness (QED) is 0.781. The molecule has 4 heteroatoms. The van der Waals surface area contributed by atoms with Crippen LogP contribution >= 0.6 is 23.2 Å². The molecule has 0 fully saturated rings. The van der Waals surface area contributed by atoms with Gasteiger partial charge in [0.25, 0.3) is 0 Å². The monoisotopic (exact) mass is 247 g/mol. The predicted molar refractivity (Wildman–Crippen MR) is 64.7 cm³/mol. The van der Waals surface area contributed by atoms with Crippen LogP contribution in [0.15, 0.2) is 18.2 Å². The summed E-state index contributed by atoms with van der Waals surface area (Å²) in [6.45, 7) is 5.06. The number of likely N-dealkylation sites (N-methyl/N-ethyl adjacent to an activating group) is 1. The third-order valence-electron chi connectivity index (χ3n) is 1.96. The summed E-state index contributed by atoms with van der Waals surface area (Å²) in [4.78, 5) is 0. The van der Waals surface area contributed by atoms with Crippen molar-refractivity contribution in [3.05, 3.63) is 33.8 Å². The van der Waals surface area contributed by atoms with E-state index in [0.717, 1.165) is 18.7 Å². The lowest BCUT2D eigenvalue weighted by atomic mass is 10.2. The van der Waals surface area contributed by atoms with E-state index in [1.54, 1.807) is 6.07 Å². The lowest BCUT2D eigenvalue weighted by molar-refractivity contribution is 0.123. The summed E-state index contributed by atoms with van der Waals surface area (Å²) in [5.74, 6) is 0. The van der Waals surface area contributed by atoms with E-state index in [4.69, 9.17) is 27.9 Å². The van der Waals surface area contributed by atoms with Crippen molar-refractivity contribution in [3.63, 3.8) is 0 Å². The van der Waals surface area contributed by atoms with Crippen LogP contribution < -0.4 is 5.32 Å². The Labute approximate surface area is 101 Å². The van der Waals surface area contributed by atoms with Crippen LogP contribution in [-0.2, 0) is 11.3 Å². The van der Waals surface area contributed by atoms with E-state index < -0.39 is 0 Å². The number of nitrogens with one attached hydrogen (secondary N) is 1. The Kier molecular flexibility index (Phi) is 6.03. The fourth-order valence-electron chi connectivity index (χ4n) is 1.16. The molecule has 0 unspecified atom stereocenters. The topological polar surface area (TPSA) is 21.3 Å². The molecule has 1 aromatic rings. The maximum atomic E-state index is 6.01.